The summed E-state index contributed by atoms with van der Waals surface area (Å²) < 4.78 is 26.8. The minimum absolute atomic E-state index is 0.239. The Labute approximate surface area is 93.5 Å². The van der Waals surface area contributed by atoms with E-state index in [0.29, 0.717) is 11.1 Å². The normalized spacial score (nSPS) is 10.5. The van der Waals surface area contributed by atoms with Crippen molar-refractivity contribution in [1.29, 1.82) is 0 Å². The Morgan fingerprint density at radius 1 is 0.812 bits per heavy atom. The van der Waals surface area contributed by atoms with Crippen LogP contribution < -0.4 is 0 Å². The number of halogens is 2. The predicted octanol–water partition coefficient (Wildman–Crippen LogP) is 4.25. The molecule has 2 rings (SSSR count). The third-order valence-electron chi connectivity index (χ3n) is 2.67. The van der Waals surface area contributed by atoms with E-state index in [9.17, 15) is 8.78 Å². The Morgan fingerprint density at radius 3 is 2.25 bits per heavy atom. The van der Waals surface area contributed by atoms with Gasteiger partial charge in [-0.25, -0.2) is 8.78 Å². The van der Waals surface area contributed by atoms with Crippen LogP contribution >= 0.6 is 0 Å². The van der Waals surface area contributed by atoms with E-state index in [1.54, 1.807) is 38.1 Å². The van der Waals surface area contributed by atoms with Crippen LogP contribution in [-0.4, -0.2) is 0 Å². The lowest BCUT2D eigenvalue weighted by Gasteiger charge is -2.08. The summed E-state index contributed by atoms with van der Waals surface area (Å²) in [5.41, 5.74) is 2.60. The lowest BCUT2D eigenvalue weighted by Crippen LogP contribution is -1.91. The van der Waals surface area contributed by atoms with Gasteiger partial charge in [-0.15, -0.1) is 0 Å². The molecule has 0 amide bonds. The number of hydrogen-bond acceptors (Lipinski definition) is 0. The molecule has 16 heavy (non-hydrogen) atoms. The summed E-state index contributed by atoms with van der Waals surface area (Å²) in [6, 6.07) is 9.61. The van der Waals surface area contributed by atoms with E-state index in [0.717, 1.165) is 11.1 Å². The summed E-state index contributed by atoms with van der Waals surface area (Å²) in [6.45, 7) is 3.50. The first-order chi connectivity index (χ1) is 7.59. The molecule has 0 aliphatic heterocycles. The number of rotatable bonds is 1. The first-order valence-electron chi connectivity index (χ1n) is 5.11. The van der Waals surface area contributed by atoms with Crippen molar-refractivity contribution < 1.29 is 8.78 Å². The molecular formula is C14H12F2. The van der Waals surface area contributed by atoms with Crippen molar-refractivity contribution in [1.82, 2.24) is 0 Å². The fourth-order valence-electron chi connectivity index (χ4n) is 1.78. The number of benzene rings is 2. The summed E-state index contributed by atoms with van der Waals surface area (Å²) in [6.07, 6.45) is 0. The molecule has 0 radical (unpaired) electrons. The van der Waals surface area contributed by atoms with E-state index in [2.05, 4.69) is 0 Å². The summed E-state index contributed by atoms with van der Waals surface area (Å²) in [5.74, 6) is -0.536. The molecule has 0 unspecified atom stereocenters. The minimum Gasteiger partial charge on any atom is -0.207 e. The molecule has 0 saturated carbocycles. The van der Waals surface area contributed by atoms with E-state index in [1.165, 1.54) is 12.1 Å². The van der Waals surface area contributed by atoms with Crippen molar-refractivity contribution >= 4 is 0 Å². The third-order valence-corrected chi connectivity index (χ3v) is 2.67. The van der Waals surface area contributed by atoms with E-state index in [-0.39, 0.29) is 11.6 Å². The maximum Gasteiger partial charge on any atom is 0.133 e. The highest BCUT2D eigenvalue weighted by Crippen LogP contribution is 2.27. The van der Waals surface area contributed by atoms with Crippen LogP contribution in [0.1, 0.15) is 11.1 Å². The topological polar surface area (TPSA) is 0 Å². The predicted molar refractivity (Wildman–Crippen MR) is 61.3 cm³/mol. The molecule has 2 aromatic carbocycles. The van der Waals surface area contributed by atoms with Crippen molar-refractivity contribution in [3.8, 4) is 11.1 Å². The van der Waals surface area contributed by atoms with Crippen LogP contribution in [0, 0.1) is 25.5 Å². The van der Waals surface area contributed by atoms with Crippen molar-refractivity contribution in [2.45, 2.75) is 13.8 Å². The van der Waals surface area contributed by atoms with Gasteiger partial charge < -0.3 is 0 Å². The standard InChI is InChI=1S/C14H12F2/c1-9-4-3-5-13(14(9)16)12-7-6-11(15)8-10(12)2/h3-8H,1-2H3. The lowest BCUT2D eigenvalue weighted by atomic mass is 9.98. The molecule has 2 heteroatoms. The molecule has 2 aromatic rings. The summed E-state index contributed by atoms with van der Waals surface area (Å²) in [7, 11) is 0. The van der Waals surface area contributed by atoms with Gasteiger partial charge >= 0.3 is 0 Å². The monoisotopic (exact) mass is 218 g/mol. The van der Waals surface area contributed by atoms with Gasteiger partial charge in [-0.1, -0.05) is 24.3 Å². The van der Waals surface area contributed by atoms with Gasteiger partial charge in [0, 0.05) is 5.56 Å². The van der Waals surface area contributed by atoms with Crippen LogP contribution in [0.2, 0.25) is 0 Å². The maximum atomic E-state index is 13.9. The summed E-state index contributed by atoms with van der Waals surface area (Å²) >= 11 is 0. The van der Waals surface area contributed by atoms with E-state index in [1.807, 2.05) is 0 Å². The molecule has 82 valence electrons. The minimum atomic E-state index is -0.297. The Morgan fingerprint density at radius 2 is 1.56 bits per heavy atom. The van der Waals surface area contributed by atoms with Gasteiger partial charge in [-0.05, 0) is 42.7 Å². The zero-order valence-corrected chi connectivity index (χ0v) is 9.22. The van der Waals surface area contributed by atoms with Gasteiger partial charge in [-0.2, -0.15) is 0 Å². The molecule has 0 aromatic heterocycles. The highest BCUT2D eigenvalue weighted by Gasteiger charge is 2.09. The molecule has 0 nitrogen and oxygen atoms in total. The average Bonchev–Trinajstić information content (AvgIpc) is 2.23. The van der Waals surface area contributed by atoms with Gasteiger partial charge in [0.25, 0.3) is 0 Å². The SMILES string of the molecule is Cc1cc(F)ccc1-c1cccc(C)c1F. The first-order valence-corrected chi connectivity index (χ1v) is 5.11. The van der Waals surface area contributed by atoms with Gasteiger partial charge in [0.1, 0.15) is 11.6 Å². The molecule has 0 heterocycles. The van der Waals surface area contributed by atoms with Gasteiger partial charge in [0.15, 0.2) is 0 Å². The largest absolute Gasteiger partial charge is 0.207 e. The van der Waals surface area contributed by atoms with Crippen molar-refractivity contribution in [3.63, 3.8) is 0 Å². The second-order valence-corrected chi connectivity index (χ2v) is 3.90. The Balaban J connectivity index is 2.63. The summed E-state index contributed by atoms with van der Waals surface area (Å²) in [5, 5.41) is 0. The highest BCUT2D eigenvalue weighted by atomic mass is 19.1. The quantitative estimate of drug-likeness (QED) is 0.671. The van der Waals surface area contributed by atoms with Crippen LogP contribution in [0.5, 0.6) is 0 Å². The smallest absolute Gasteiger partial charge is 0.133 e. The van der Waals surface area contributed by atoms with E-state index in [4.69, 9.17) is 0 Å². The lowest BCUT2D eigenvalue weighted by molar-refractivity contribution is 0.620. The van der Waals surface area contributed by atoms with Crippen LogP contribution in [-0.2, 0) is 0 Å². The Hall–Kier alpha value is -1.70. The molecule has 0 N–H and O–H groups in total. The molecule has 0 spiro atoms. The molecule has 0 atom stereocenters. The molecule has 0 aliphatic rings. The molecule has 0 bridgehead atoms. The van der Waals surface area contributed by atoms with Crippen LogP contribution in [0.25, 0.3) is 11.1 Å². The first kappa shape index (κ1) is 10.8. The van der Waals surface area contributed by atoms with Gasteiger partial charge in [0.2, 0.25) is 0 Å². The van der Waals surface area contributed by atoms with Crippen molar-refractivity contribution in [2.24, 2.45) is 0 Å². The number of aryl methyl sites for hydroxylation is 2. The zero-order chi connectivity index (χ0) is 11.7. The van der Waals surface area contributed by atoms with Crippen LogP contribution in [0.3, 0.4) is 0 Å². The van der Waals surface area contributed by atoms with Crippen molar-refractivity contribution in [2.75, 3.05) is 0 Å². The fraction of sp³-hybridized carbons (Fsp3) is 0.143. The van der Waals surface area contributed by atoms with Gasteiger partial charge in [0.05, 0.1) is 0 Å². The van der Waals surface area contributed by atoms with Crippen LogP contribution in [0.15, 0.2) is 36.4 Å². The number of hydrogen-bond donors (Lipinski definition) is 0. The van der Waals surface area contributed by atoms with Gasteiger partial charge in [-0.3, -0.25) is 0 Å². The third kappa shape index (κ3) is 1.83. The average molecular weight is 218 g/mol. The Bertz CT molecular complexity index is 530. The second kappa shape index (κ2) is 4.05. The zero-order valence-electron chi connectivity index (χ0n) is 9.22. The molecule has 0 fully saturated rings. The summed E-state index contributed by atoms with van der Waals surface area (Å²) in [4.78, 5) is 0. The van der Waals surface area contributed by atoms with E-state index >= 15 is 0 Å². The highest BCUT2D eigenvalue weighted by molar-refractivity contribution is 5.68. The molecule has 0 saturated heterocycles. The van der Waals surface area contributed by atoms with Crippen molar-refractivity contribution in [3.05, 3.63) is 59.2 Å². The second-order valence-electron chi connectivity index (χ2n) is 3.90. The molecule has 0 aliphatic carbocycles. The fourth-order valence-corrected chi connectivity index (χ4v) is 1.78. The maximum absolute atomic E-state index is 13.9. The molecular weight excluding hydrogens is 206 g/mol. The van der Waals surface area contributed by atoms with Crippen LogP contribution in [0.4, 0.5) is 8.78 Å². The van der Waals surface area contributed by atoms with E-state index < -0.39 is 0 Å². The Kier molecular flexibility index (Phi) is 2.73.